The number of furan rings is 1. The first-order valence-electron chi connectivity index (χ1n) is 9.85. The van der Waals surface area contributed by atoms with Crippen LogP contribution in [0.1, 0.15) is 27.2 Å². The fourth-order valence-electron chi connectivity index (χ4n) is 3.35. The van der Waals surface area contributed by atoms with Crippen molar-refractivity contribution in [3.63, 3.8) is 0 Å². The largest absolute Gasteiger partial charge is 0.443 e. The van der Waals surface area contributed by atoms with E-state index in [4.69, 9.17) is 4.42 Å². The molecule has 0 spiro atoms. The topological polar surface area (TPSA) is 108 Å². The van der Waals surface area contributed by atoms with Crippen molar-refractivity contribution >= 4 is 34.9 Å². The summed E-state index contributed by atoms with van der Waals surface area (Å²) in [5.41, 5.74) is 0.379. The number of imide groups is 1. The molecule has 3 amide bonds. The first-order valence-corrected chi connectivity index (χ1v) is 10.7. The third-order valence-corrected chi connectivity index (χ3v) is 5.84. The molecule has 0 radical (unpaired) electrons. The third-order valence-electron chi connectivity index (χ3n) is 4.93. The molecule has 0 aliphatic carbocycles. The van der Waals surface area contributed by atoms with E-state index in [1.54, 1.807) is 42.1 Å². The number of benzene rings is 1. The number of aryl methyl sites for hydroxylation is 1. The van der Waals surface area contributed by atoms with Crippen molar-refractivity contribution in [3.05, 3.63) is 82.0 Å². The highest BCUT2D eigenvalue weighted by Crippen LogP contribution is 2.32. The Morgan fingerprint density at radius 2 is 1.97 bits per heavy atom. The maximum atomic E-state index is 13.9. The molecule has 8 nitrogen and oxygen atoms in total. The number of aromatic nitrogens is 1. The van der Waals surface area contributed by atoms with Crippen LogP contribution in [0.15, 0.2) is 58.1 Å². The average Bonchev–Trinajstić information content (AvgIpc) is 3.49. The summed E-state index contributed by atoms with van der Waals surface area (Å²) in [5, 5.41) is 11.7. The summed E-state index contributed by atoms with van der Waals surface area (Å²) in [6.45, 7) is 1.47. The van der Waals surface area contributed by atoms with Crippen LogP contribution in [0.3, 0.4) is 0 Å². The molecule has 1 aliphatic rings. The number of hydrogen-bond donors (Lipinski definition) is 1. The van der Waals surface area contributed by atoms with Gasteiger partial charge in [-0.2, -0.15) is 5.26 Å². The quantitative estimate of drug-likeness (QED) is 0.555. The van der Waals surface area contributed by atoms with Crippen molar-refractivity contribution in [2.45, 2.75) is 6.92 Å². The lowest BCUT2D eigenvalue weighted by atomic mass is 10.1. The molecular weight excluding hydrogens is 447 g/mol. The summed E-state index contributed by atoms with van der Waals surface area (Å²) < 4.78 is 21.1. The molecule has 3 aromatic rings. The van der Waals surface area contributed by atoms with Gasteiger partial charge in [-0.1, -0.05) is 18.2 Å². The minimum absolute atomic E-state index is 0.0296. The summed E-state index contributed by atoms with van der Waals surface area (Å²) in [4.78, 5) is 38.7. The summed E-state index contributed by atoms with van der Waals surface area (Å²) in [6.07, 6.45) is 4.71. The zero-order chi connectivity index (χ0) is 23.5. The lowest BCUT2D eigenvalue weighted by Crippen LogP contribution is -2.37. The molecule has 1 aliphatic heterocycles. The molecule has 1 saturated heterocycles. The number of amides is 3. The second-order valence-corrected chi connectivity index (χ2v) is 8.02. The van der Waals surface area contributed by atoms with Gasteiger partial charge < -0.3 is 9.73 Å². The van der Waals surface area contributed by atoms with Gasteiger partial charge in [-0.3, -0.25) is 23.9 Å². The number of carbonyl (C=O) groups is 3. The first kappa shape index (κ1) is 22.1. The molecule has 3 heterocycles. The van der Waals surface area contributed by atoms with Gasteiger partial charge in [0.15, 0.2) is 0 Å². The van der Waals surface area contributed by atoms with Crippen molar-refractivity contribution in [1.29, 1.82) is 5.26 Å². The van der Waals surface area contributed by atoms with E-state index in [1.165, 1.54) is 24.3 Å². The number of carbonyl (C=O) groups excluding carboxylic acids is 3. The molecule has 0 bridgehead atoms. The number of nitrogens with one attached hydrogen (secondary N) is 1. The van der Waals surface area contributed by atoms with Gasteiger partial charge in [0.05, 0.1) is 4.91 Å². The predicted octanol–water partition coefficient (Wildman–Crippen LogP) is 3.86. The van der Waals surface area contributed by atoms with Gasteiger partial charge >= 0.3 is 0 Å². The van der Waals surface area contributed by atoms with Crippen LogP contribution in [0.5, 0.6) is 0 Å². The molecule has 10 heteroatoms. The Hall–Kier alpha value is -4.10. The lowest BCUT2D eigenvalue weighted by Gasteiger charge is -2.13. The van der Waals surface area contributed by atoms with Crippen molar-refractivity contribution in [2.24, 2.45) is 0 Å². The minimum atomic E-state index is -0.561. The van der Waals surface area contributed by atoms with E-state index in [0.717, 1.165) is 4.90 Å². The molecule has 0 atom stereocenters. The van der Waals surface area contributed by atoms with Gasteiger partial charge in [0, 0.05) is 31.0 Å². The summed E-state index contributed by atoms with van der Waals surface area (Å²) >= 11 is 0.709. The number of nitrogens with zero attached hydrogens (tertiary/aromatic N) is 3. The summed E-state index contributed by atoms with van der Waals surface area (Å²) in [6, 6.07) is 11.4. The van der Waals surface area contributed by atoms with Crippen LogP contribution in [0.4, 0.5) is 9.18 Å². The Morgan fingerprint density at radius 1 is 1.24 bits per heavy atom. The van der Waals surface area contributed by atoms with Crippen LogP contribution >= 0.6 is 11.8 Å². The van der Waals surface area contributed by atoms with Crippen molar-refractivity contribution < 1.29 is 23.2 Å². The second-order valence-electron chi connectivity index (χ2n) is 7.03. The second kappa shape index (κ2) is 9.18. The SMILES string of the molecule is Cc1oc(-n2cccc2)c(C#N)c1C(=O)NCCN1C(=O)S/C(=C\c2ccccc2F)C1=O. The zero-order valence-electron chi connectivity index (χ0n) is 17.4. The lowest BCUT2D eigenvalue weighted by molar-refractivity contribution is -0.122. The van der Waals surface area contributed by atoms with Gasteiger partial charge in [0.1, 0.15) is 28.8 Å². The number of thioether (sulfide) groups is 1. The van der Waals surface area contributed by atoms with Crippen LogP contribution in [0, 0.1) is 24.1 Å². The van der Waals surface area contributed by atoms with E-state index in [-0.39, 0.29) is 46.3 Å². The Bertz CT molecular complexity index is 1320. The van der Waals surface area contributed by atoms with Gasteiger partial charge in [-0.15, -0.1) is 0 Å². The highest BCUT2D eigenvalue weighted by molar-refractivity contribution is 8.18. The Labute approximate surface area is 192 Å². The van der Waals surface area contributed by atoms with E-state index in [9.17, 15) is 24.0 Å². The van der Waals surface area contributed by atoms with Gasteiger partial charge in [0.25, 0.3) is 17.1 Å². The number of rotatable bonds is 6. The fraction of sp³-hybridized carbons (Fsp3) is 0.130. The van der Waals surface area contributed by atoms with E-state index < -0.39 is 22.9 Å². The van der Waals surface area contributed by atoms with Crippen molar-refractivity contribution in [3.8, 4) is 12.0 Å². The molecular formula is C23H17FN4O4S. The molecule has 4 rings (SSSR count). The smallest absolute Gasteiger partial charge is 0.293 e. The highest BCUT2D eigenvalue weighted by Gasteiger charge is 2.35. The van der Waals surface area contributed by atoms with Crippen LogP contribution in [-0.4, -0.2) is 39.6 Å². The standard InChI is InChI=1S/C23H17FN4O4S/c1-14-19(16(13-25)22(32-14)27-9-4-5-10-27)20(29)26-8-11-28-21(30)18(33-23(28)31)12-15-6-2-3-7-17(15)24/h2-7,9-10,12H,8,11H2,1H3,(H,26,29)/b18-12-. The zero-order valence-corrected chi connectivity index (χ0v) is 18.2. The summed E-state index contributed by atoms with van der Waals surface area (Å²) in [5.74, 6) is -1.12. The van der Waals surface area contributed by atoms with Crippen molar-refractivity contribution in [1.82, 2.24) is 14.8 Å². The molecule has 166 valence electrons. The van der Waals surface area contributed by atoms with Crippen molar-refractivity contribution in [2.75, 3.05) is 13.1 Å². The Morgan fingerprint density at radius 3 is 2.67 bits per heavy atom. The molecule has 1 N–H and O–H groups in total. The maximum absolute atomic E-state index is 13.9. The fourth-order valence-corrected chi connectivity index (χ4v) is 4.21. The maximum Gasteiger partial charge on any atom is 0.293 e. The van der Waals surface area contributed by atoms with E-state index >= 15 is 0 Å². The van der Waals surface area contributed by atoms with Crippen LogP contribution in [-0.2, 0) is 4.79 Å². The predicted molar refractivity (Wildman–Crippen MR) is 119 cm³/mol. The normalized spacial score (nSPS) is 14.7. The Balaban J connectivity index is 1.43. The molecule has 33 heavy (non-hydrogen) atoms. The van der Waals surface area contributed by atoms with Crippen LogP contribution < -0.4 is 5.32 Å². The van der Waals surface area contributed by atoms with Gasteiger partial charge in [0.2, 0.25) is 5.88 Å². The van der Waals surface area contributed by atoms with E-state index in [0.29, 0.717) is 11.8 Å². The molecule has 0 unspecified atom stereocenters. The molecule has 0 saturated carbocycles. The average molecular weight is 464 g/mol. The number of nitriles is 1. The minimum Gasteiger partial charge on any atom is -0.443 e. The molecule has 1 fully saturated rings. The highest BCUT2D eigenvalue weighted by atomic mass is 32.2. The van der Waals surface area contributed by atoms with E-state index in [1.807, 2.05) is 6.07 Å². The third kappa shape index (κ3) is 4.31. The van der Waals surface area contributed by atoms with Crippen LogP contribution in [0.2, 0.25) is 0 Å². The summed E-state index contributed by atoms with van der Waals surface area (Å²) in [7, 11) is 0. The van der Waals surface area contributed by atoms with Crippen LogP contribution in [0.25, 0.3) is 12.0 Å². The number of hydrogen-bond acceptors (Lipinski definition) is 6. The molecule has 2 aromatic heterocycles. The molecule has 1 aromatic carbocycles. The van der Waals surface area contributed by atoms with E-state index in [2.05, 4.69) is 5.32 Å². The van der Waals surface area contributed by atoms with Gasteiger partial charge in [-0.25, -0.2) is 4.39 Å². The monoisotopic (exact) mass is 464 g/mol. The first-order chi connectivity index (χ1) is 15.9. The Kier molecular flexibility index (Phi) is 6.15. The van der Waals surface area contributed by atoms with Gasteiger partial charge in [-0.05, 0) is 43.0 Å². The number of halogens is 1.